The molecule has 1 unspecified atom stereocenters. The summed E-state index contributed by atoms with van der Waals surface area (Å²) in [5.74, 6) is 0.283. The van der Waals surface area contributed by atoms with Crippen LogP contribution in [0.4, 0.5) is 0 Å². The van der Waals surface area contributed by atoms with E-state index in [4.69, 9.17) is 0 Å². The minimum Gasteiger partial charge on any atom is -0.342 e. The minimum absolute atomic E-state index is 0.252. The highest BCUT2D eigenvalue weighted by Gasteiger charge is 2.30. The van der Waals surface area contributed by atoms with Gasteiger partial charge in [-0.3, -0.25) is 4.79 Å². The monoisotopic (exact) mass is 266 g/mol. The van der Waals surface area contributed by atoms with Crippen LogP contribution in [0.5, 0.6) is 0 Å². The first kappa shape index (κ1) is 16.2. The molecule has 0 aromatic rings. The Hall–Kier alpha value is -0.830. The maximum atomic E-state index is 12.2. The van der Waals surface area contributed by atoms with E-state index in [0.29, 0.717) is 12.1 Å². The van der Waals surface area contributed by atoms with Crippen LogP contribution in [0.1, 0.15) is 53.4 Å². The average molecular weight is 266 g/mol. The number of hydrogen-bond donors (Lipinski definition) is 1. The maximum Gasteiger partial charge on any atom is 0.227 e. The molecule has 1 rings (SSSR count). The van der Waals surface area contributed by atoms with Crippen molar-refractivity contribution in [2.75, 3.05) is 13.1 Å². The van der Waals surface area contributed by atoms with Gasteiger partial charge in [0.15, 0.2) is 0 Å². The zero-order valence-corrected chi connectivity index (χ0v) is 13.0. The molecule has 3 heteroatoms. The van der Waals surface area contributed by atoms with E-state index in [2.05, 4.69) is 18.8 Å². The summed E-state index contributed by atoms with van der Waals surface area (Å²) in [5.41, 5.74) is -0.252. The normalized spacial score (nSPS) is 19.3. The van der Waals surface area contributed by atoms with E-state index in [0.717, 1.165) is 38.8 Å². The van der Waals surface area contributed by atoms with E-state index < -0.39 is 0 Å². The molecule has 1 N–H and O–H groups in total. The number of carbonyl (C=O) groups is 1. The van der Waals surface area contributed by atoms with Gasteiger partial charge in [0.05, 0.1) is 0 Å². The first-order valence-electron chi connectivity index (χ1n) is 7.51. The van der Waals surface area contributed by atoms with Crippen molar-refractivity contribution in [3.63, 3.8) is 0 Å². The average Bonchev–Trinajstić information content (AvgIpc) is 2.35. The van der Waals surface area contributed by atoms with E-state index in [1.165, 1.54) is 0 Å². The maximum absolute atomic E-state index is 12.2. The molecular weight excluding hydrogens is 236 g/mol. The molecule has 1 saturated heterocycles. The first-order chi connectivity index (χ1) is 8.84. The molecule has 19 heavy (non-hydrogen) atoms. The number of nitrogens with one attached hydrogen (secondary N) is 1. The summed E-state index contributed by atoms with van der Waals surface area (Å²) in [7, 11) is 0. The number of allylic oxidation sites excluding steroid dienone is 1. The summed E-state index contributed by atoms with van der Waals surface area (Å²) < 4.78 is 0. The fourth-order valence-electron chi connectivity index (χ4n) is 2.58. The zero-order chi connectivity index (χ0) is 14.5. The fraction of sp³-hybridized carbons (Fsp3) is 0.812. The standard InChI is InChI=1S/C16H30N2O/c1-6-7-8-13(2)17-14-9-11-18(12-10-14)15(19)16(3,4)5/h6,13-14,17H,1,7-12H2,2-5H3. The molecule has 0 aromatic heterocycles. The van der Waals surface area contributed by atoms with E-state index >= 15 is 0 Å². The third kappa shape index (κ3) is 5.35. The lowest BCUT2D eigenvalue weighted by molar-refractivity contribution is -0.140. The lowest BCUT2D eigenvalue weighted by atomic mass is 9.93. The van der Waals surface area contributed by atoms with E-state index in [1.54, 1.807) is 0 Å². The van der Waals surface area contributed by atoms with E-state index in [-0.39, 0.29) is 11.3 Å². The van der Waals surface area contributed by atoms with Crippen molar-refractivity contribution in [1.82, 2.24) is 10.2 Å². The highest BCUT2D eigenvalue weighted by Crippen LogP contribution is 2.21. The van der Waals surface area contributed by atoms with Crippen molar-refractivity contribution in [2.45, 2.75) is 65.5 Å². The summed E-state index contributed by atoms with van der Waals surface area (Å²) in [6.07, 6.45) is 6.32. The Morgan fingerprint density at radius 1 is 1.42 bits per heavy atom. The van der Waals surface area contributed by atoms with Gasteiger partial charge in [0.1, 0.15) is 0 Å². The molecule has 110 valence electrons. The number of carbonyl (C=O) groups excluding carboxylic acids is 1. The second kappa shape index (κ2) is 7.09. The predicted octanol–water partition coefficient (Wildman–Crippen LogP) is 2.97. The molecule has 1 heterocycles. The van der Waals surface area contributed by atoms with Crippen LogP contribution in [-0.2, 0) is 4.79 Å². The Morgan fingerprint density at radius 3 is 2.47 bits per heavy atom. The van der Waals surface area contributed by atoms with Crippen LogP contribution in [0.2, 0.25) is 0 Å². The Balaban J connectivity index is 2.33. The lowest BCUT2D eigenvalue weighted by Crippen LogP contribution is -2.49. The van der Waals surface area contributed by atoms with Crippen molar-refractivity contribution in [2.24, 2.45) is 5.41 Å². The first-order valence-corrected chi connectivity index (χ1v) is 7.51. The summed E-state index contributed by atoms with van der Waals surface area (Å²) in [4.78, 5) is 14.2. The van der Waals surface area contributed by atoms with Gasteiger partial charge in [0.25, 0.3) is 0 Å². The van der Waals surface area contributed by atoms with Crippen LogP contribution in [0, 0.1) is 5.41 Å². The molecule has 0 radical (unpaired) electrons. The number of hydrogen-bond acceptors (Lipinski definition) is 2. The summed E-state index contributed by atoms with van der Waals surface area (Å²) in [6.45, 7) is 13.8. The number of nitrogens with zero attached hydrogens (tertiary/aromatic N) is 1. The Bertz CT molecular complexity index is 298. The van der Waals surface area contributed by atoms with Crippen LogP contribution in [0.15, 0.2) is 12.7 Å². The summed E-state index contributed by atoms with van der Waals surface area (Å²) in [6, 6.07) is 1.09. The van der Waals surface area contributed by atoms with Gasteiger partial charge in [0.2, 0.25) is 5.91 Å². The van der Waals surface area contributed by atoms with Crippen LogP contribution in [0.3, 0.4) is 0 Å². The molecule has 0 aromatic carbocycles. The third-order valence-corrected chi connectivity index (χ3v) is 3.75. The quantitative estimate of drug-likeness (QED) is 0.776. The van der Waals surface area contributed by atoms with Crippen molar-refractivity contribution >= 4 is 5.91 Å². The zero-order valence-electron chi connectivity index (χ0n) is 13.0. The van der Waals surface area contributed by atoms with Crippen molar-refractivity contribution < 1.29 is 4.79 Å². The molecule has 1 fully saturated rings. The molecule has 0 saturated carbocycles. The van der Waals surface area contributed by atoms with Gasteiger partial charge in [-0.1, -0.05) is 26.8 Å². The molecule has 1 aliphatic heterocycles. The largest absolute Gasteiger partial charge is 0.342 e. The molecule has 0 spiro atoms. The van der Waals surface area contributed by atoms with Crippen LogP contribution >= 0.6 is 0 Å². The second-order valence-electron chi connectivity index (χ2n) is 6.75. The van der Waals surface area contributed by atoms with Crippen LogP contribution < -0.4 is 5.32 Å². The van der Waals surface area contributed by atoms with Gasteiger partial charge in [-0.25, -0.2) is 0 Å². The minimum atomic E-state index is -0.252. The summed E-state index contributed by atoms with van der Waals surface area (Å²) in [5, 5.41) is 3.67. The number of amides is 1. The molecule has 1 atom stereocenters. The van der Waals surface area contributed by atoms with Gasteiger partial charge in [0, 0.05) is 30.6 Å². The molecule has 0 bridgehead atoms. The number of rotatable bonds is 5. The molecule has 3 nitrogen and oxygen atoms in total. The third-order valence-electron chi connectivity index (χ3n) is 3.75. The SMILES string of the molecule is C=CCCC(C)NC1CCN(C(=O)C(C)(C)C)CC1. The van der Waals surface area contributed by atoms with Crippen molar-refractivity contribution in [1.29, 1.82) is 0 Å². The van der Waals surface area contributed by atoms with Crippen LogP contribution in [-0.4, -0.2) is 36.0 Å². The van der Waals surface area contributed by atoms with Gasteiger partial charge >= 0.3 is 0 Å². The van der Waals surface area contributed by atoms with Gasteiger partial charge in [-0.05, 0) is 32.6 Å². The Labute approximate surface area is 118 Å². The highest BCUT2D eigenvalue weighted by molar-refractivity contribution is 5.81. The van der Waals surface area contributed by atoms with E-state index in [1.807, 2.05) is 31.7 Å². The van der Waals surface area contributed by atoms with Crippen molar-refractivity contribution in [3.8, 4) is 0 Å². The van der Waals surface area contributed by atoms with Crippen LogP contribution in [0.25, 0.3) is 0 Å². The second-order valence-corrected chi connectivity index (χ2v) is 6.75. The lowest BCUT2D eigenvalue weighted by Gasteiger charge is -2.37. The fourth-order valence-corrected chi connectivity index (χ4v) is 2.58. The number of piperidine rings is 1. The molecule has 1 aliphatic rings. The molecule has 1 amide bonds. The van der Waals surface area contributed by atoms with Gasteiger partial charge in [-0.2, -0.15) is 0 Å². The summed E-state index contributed by atoms with van der Waals surface area (Å²) >= 11 is 0. The van der Waals surface area contributed by atoms with Gasteiger partial charge < -0.3 is 10.2 Å². The van der Waals surface area contributed by atoms with E-state index in [9.17, 15) is 4.79 Å². The highest BCUT2D eigenvalue weighted by atomic mass is 16.2. The Morgan fingerprint density at radius 2 is 2.00 bits per heavy atom. The van der Waals surface area contributed by atoms with Gasteiger partial charge in [-0.15, -0.1) is 6.58 Å². The Kier molecular flexibility index (Phi) is 6.05. The molecule has 0 aliphatic carbocycles. The smallest absolute Gasteiger partial charge is 0.227 e. The predicted molar refractivity (Wildman–Crippen MR) is 81.1 cm³/mol. The topological polar surface area (TPSA) is 32.3 Å². The van der Waals surface area contributed by atoms with Crippen molar-refractivity contribution in [3.05, 3.63) is 12.7 Å². The number of likely N-dealkylation sites (tertiary alicyclic amines) is 1. The molecular formula is C16H30N2O.